The van der Waals surface area contributed by atoms with E-state index in [0.29, 0.717) is 10.9 Å². The molecule has 0 aliphatic carbocycles. The van der Waals surface area contributed by atoms with E-state index in [1.54, 1.807) is 6.07 Å². The van der Waals surface area contributed by atoms with Crippen LogP contribution >= 0.6 is 15.9 Å². The van der Waals surface area contributed by atoms with Crippen molar-refractivity contribution >= 4 is 31.7 Å². The fraction of sp³-hybridized carbons (Fsp3) is 0.533. The molecule has 0 atom stereocenters. The number of halogens is 1. The van der Waals surface area contributed by atoms with Crippen LogP contribution in [0.5, 0.6) is 0 Å². The zero-order valence-electron chi connectivity index (χ0n) is 12.6. The fourth-order valence-corrected chi connectivity index (χ4v) is 3.67. The van der Waals surface area contributed by atoms with Crippen LogP contribution in [0.1, 0.15) is 48.5 Å². The third-order valence-electron chi connectivity index (χ3n) is 3.25. The fourth-order valence-electron chi connectivity index (χ4n) is 2.14. The summed E-state index contributed by atoms with van der Waals surface area (Å²) in [7, 11) is -2.11. The van der Waals surface area contributed by atoms with E-state index in [1.807, 2.05) is 0 Å². The predicted molar refractivity (Wildman–Crippen MR) is 86.4 cm³/mol. The molecule has 1 rings (SSSR count). The number of ether oxygens (including phenoxy) is 1. The number of methoxy groups -OCH3 is 1. The Bertz CT molecular complexity index is 608. The van der Waals surface area contributed by atoms with E-state index >= 15 is 0 Å². The minimum atomic E-state index is -3.39. The summed E-state index contributed by atoms with van der Waals surface area (Å²) < 4.78 is 29.1. The molecule has 0 heterocycles. The van der Waals surface area contributed by atoms with Crippen LogP contribution in [0.3, 0.4) is 0 Å². The van der Waals surface area contributed by atoms with Crippen LogP contribution in [-0.2, 0) is 21.0 Å². The molecule has 21 heavy (non-hydrogen) atoms. The number of sulfone groups is 1. The van der Waals surface area contributed by atoms with E-state index in [-0.39, 0.29) is 10.5 Å². The number of benzene rings is 1. The molecule has 0 saturated carbocycles. The molecule has 6 heteroatoms. The highest BCUT2D eigenvalue weighted by Gasteiger charge is 2.20. The first-order chi connectivity index (χ1) is 9.81. The lowest BCUT2D eigenvalue weighted by Gasteiger charge is -2.12. The van der Waals surface area contributed by atoms with Gasteiger partial charge in [0.05, 0.1) is 17.6 Å². The van der Waals surface area contributed by atoms with Gasteiger partial charge in [0.1, 0.15) is 0 Å². The van der Waals surface area contributed by atoms with Gasteiger partial charge in [-0.2, -0.15) is 0 Å². The quantitative estimate of drug-likeness (QED) is 0.536. The molecule has 0 spiro atoms. The summed E-state index contributed by atoms with van der Waals surface area (Å²) in [6.45, 7) is 2.13. The summed E-state index contributed by atoms with van der Waals surface area (Å²) in [5.41, 5.74) is 0.975. The highest BCUT2D eigenvalue weighted by molar-refractivity contribution is 9.10. The average molecular weight is 377 g/mol. The van der Waals surface area contributed by atoms with Crippen LogP contribution in [0.25, 0.3) is 0 Å². The molecular weight excluding hydrogens is 356 g/mol. The first-order valence-corrected chi connectivity index (χ1v) is 9.60. The Morgan fingerprint density at radius 1 is 1.24 bits per heavy atom. The summed E-state index contributed by atoms with van der Waals surface area (Å²) in [5, 5.41) is 0. The largest absolute Gasteiger partial charge is 0.465 e. The van der Waals surface area contributed by atoms with E-state index < -0.39 is 15.8 Å². The van der Waals surface area contributed by atoms with E-state index in [4.69, 9.17) is 0 Å². The van der Waals surface area contributed by atoms with Gasteiger partial charge in [0.15, 0.2) is 9.84 Å². The van der Waals surface area contributed by atoms with E-state index in [2.05, 4.69) is 27.6 Å². The zero-order chi connectivity index (χ0) is 16.0. The second kappa shape index (κ2) is 7.94. The van der Waals surface area contributed by atoms with E-state index in [9.17, 15) is 13.2 Å². The van der Waals surface area contributed by atoms with Gasteiger partial charge in [-0.05, 0) is 46.5 Å². The van der Waals surface area contributed by atoms with Gasteiger partial charge in [-0.1, -0.05) is 26.2 Å². The molecule has 1 aromatic carbocycles. The number of hydrogen-bond acceptors (Lipinski definition) is 4. The van der Waals surface area contributed by atoms with Gasteiger partial charge >= 0.3 is 5.97 Å². The molecule has 0 saturated heterocycles. The lowest BCUT2D eigenvalue weighted by molar-refractivity contribution is 0.0599. The van der Waals surface area contributed by atoms with Gasteiger partial charge < -0.3 is 4.74 Å². The molecule has 0 aromatic heterocycles. The molecule has 4 nitrogen and oxygen atoms in total. The number of aryl methyl sites for hydroxylation is 1. The standard InChI is InChI=1S/C15H21BrO4S/c1-4-5-6-7-8-11-9-13(16)12(15(17)20-2)10-14(11)21(3,18)19/h9-10H,4-8H2,1-3H3. The van der Waals surface area contributed by atoms with Crippen molar-refractivity contribution in [3.63, 3.8) is 0 Å². The molecular formula is C15H21BrO4S. The number of rotatable bonds is 7. The average Bonchev–Trinajstić information content (AvgIpc) is 2.41. The Morgan fingerprint density at radius 2 is 1.90 bits per heavy atom. The summed E-state index contributed by atoms with van der Waals surface area (Å²) in [5.74, 6) is -0.552. The molecule has 118 valence electrons. The zero-order valence-corrected chi connectivity index (χ0v) is 15.0. The molecule has 0 aliphatic rings. The normalized spacial score (nSPS) is 11.4. The van der Waals surface area contributed by atoms with Crippen molar-refractivity contribution in [2.45, 2.75) is 43.9 Å². The Balaban J connectivity index is 3.18. The van der Waals surface area contributed by atoms with E-state index in [1.165, 1.54) is 13.2 Å². The third kappa shape index (κ3) is 5.11. The van der Waals surface area contributed by atoms with Crippen molar-refractivity contribution in [1.29, 1.82) is 0 Å². The predicted octanol–water partition coefficient (Wildman–Crippen LogP) is 3.76. The molecule has 0 radical (unpaired) electrons. The lowest BCUT2D eigenvalue weighted by Crippen LogP contribution is -2.09. The third-order valence-corrected chi connectivity index (χ3v) is 5.09. The van der Waals surface area contributed by atoms with Crippen molar-refractivity contribution in [3.8, 4) is 0 Å². The first-order valence-electron chi connectivity index (χ1n) is 6.92. The van der Waals surface area contributed by atoms with Crippen molar-refractivity contribution in [3.05, 3.63) is 27.7 Å². The molecule has 0 aliphatic heterocycles. The number of hydrogen-bond donors (Lipinski definition) is 0. The van der Waals surface area contributed by atoms with Gasteiger partial charge in [0.2, 0.25) is 0 Å². The lowest BCUT2D eigenvalue weighted by atomic mass is 10.0. The SMILES string of the molecule is CCCCCCc1cc(Br)c(C(=O)OC)cc1S(C)(=O)=O. The number of carbonyl (C=O) groups excluding carboxylic acids is 1. The highest BCUT2D eigenvalue weighted by atomic mass is 79.9. The van der Waals surface area contributed by atoms with Crippen molar-refractivity contribution in [1.82, 2.24) is 0 Å². The minimum absolute atomic E-state index is 0.211. The Hall–Kier alpha value is -0.880. The molecule has 0 fully saturated rings. The minimum Gasteiger partial charge on any atom is -0.465 e. The monoisotopic (exact) mass is 376 g/mol. The van der Waals surface area contributed by atoms with Gasteiger partial charge in [-0.15, -0.1) is 0 Å². The molecule has 0 amide bonds. The van der Waals surface area contributed by atoms with Gasteiger partial charge in [0, 0.05) is 10.7 Å². The van der Waals surface area contributed by atoms with E-state index in [0.717, 1.165) is 37.5 Å². The molecule has 0 unspecified atom stereocenters. The molecule has 0 bridgehead atoms. The highest BCUT2D eigenvalue weighted by Crippen LogP contribution is 2.27. The number of carbonyl (C=O) groups is 1. The van der Waals surface area contributed by atoms with Gasteiger partial charge in [-0.3, -0.25) is 0 Å². The van der Waals surface area contributed by atoms with Gasteiger partial charge in [-0.25, -0.2) is 13.2 Å². The first kappa shape index (κ1) is 18.2. The van der Waals surface area contributed by atoms with Crippen LogP contribution in [-0.4, -0.2) is 27.8 Å². The van der Waals surface area contributed by atoms with Crippen LogP contribution in [0.4, 0.5) is 0 Å². The second-order valence-electron chi connectivity index (χ2n) is 5.01. The maximum atomic E-state index is 11.9. The Labute approximate surface area is 134 Å². The molecule has 1 aromatic rings. The van der Waals surface area contributed by atoms with Gasteiger partial charge in [0.25, 0.3) is 0 Å². The van der Waals surface area contributed by atoms with Crippen LogP contribution in [0.2, 0.25) is 0 Å². The second-order valence-corrected chi connectivity index (χ2v) is 7.85. The summed E-state index contributed by atoms with van der Waals surface area (Å²) in [6.07, 6.45) is 6.10. The summed E-state index contributed by atoms with van der Waals surface area (Å²) in [4.78, 5) is 11.9. The number of esters is 1. The van der Waals surface area contributed by atoms with Crippen molar-refractivity contribution < 1.29 is 17.9 Å². The van der Waals surface area contributed by atoms with Crippen LogP contribution in [0.15, 0.2) is 21.5 Å². The van der Waals surface area contributed by atoms with Crippen molar-refractivity contribution in [2.75, 3.05) is 13.4 Å². The maximum Gasteiger partial charge on any atom is 0.339 e. The Morgan fingerprint density at radius 3 is 2.43 bits per heavy atom. The number of unbranched alkanes of at least 4 members (excludes halogenated alkanes) is 3. The summed E-state index contributed by atoms with van der Waals surface area (Å²) in [6, 6.07) is 3.12. The molecule has 0 N–H and O–H groups in total. The van der Waals surface area contributed by atoms with Crippen LogP contribution in [0, 0.1) is 0 Å². The van der Waals surface area contributed by atoms with Crippen molar-refractivity contribution in [2.24, 2.45) is 0 Å². The Kier molecular flexibility index (Phi) is 6.87. The summed E-state index contributed by atoms with van der Waals surface area (Å²) >= 11 is 3.32. The maximum absolute atomic E-state index is 11.9. The van der Waals surface area contributed by atoms with Crippen LogP contribution < -0.4 is 0 Å². The smallest absolute Gasteiger partial charge is 0.339 e. The topological polar surface area (TPSA) is 60.4 Å².